The highest BCUT2D eigenvalue weighted by molar-refractivity contribution is 7.85. The number of rotatable bonds is 9. The molecule has 0 radical (unpaired) electrons. The van der Waals surface area contributed by atoms with Gasteiger partial charge in [-0.3, -0.25) is 24.5 Å². The van der Waals surface area contributed by atoms with Crippen molar-refractivity contribution in [3.05, 3.63) is 89.5 Å². The van der Waals surface area contributed by atoms with Gasteiger partial charge in [0.2, 0.25) is 0 Å². The summed E-state index contributed by atoms with van der Waals surface area (Å²) >= 11 is 0. The predicted molar refractivity (Wildman–Crippen MR) is 175 cm³/mol. The first-order chi connectivity index (χ1) is 22.0. The molecule has 2 heterocycles. The minimum Gasteiger partial charge on any atom is -0.464 e. The molecule has 2 fully saturated rings. The number of carbonyl (C=O) groups excluding carboxylic acids is 2. The van der Waals surface area contributed by atoms with Crippen molar-refractivity contribution in [1.29, 1.82) is 5.41 Å². The number of nitrogens with zero attached hydrogens (tertiary/aromatic N) is 2. The highest BCUT2D eigenvalue weighted by Gasteiger charge is 2.26. The standard InChI is InChI=1S/C27H34N4O4.C7H8O3S/c28-26(29)23-5-1-21(2-6-23)22-3-7-24(8-4-22)27(33)31-11-9-20(10-12-31)19-25(32)35-18-15-30-13-16-34-17-14-30;1-6-2-4-7(5-3-6)11(8,9)10/h1-8,20H,9-19H2,(H3,28,29);2-5H,1H3,(H,8,9,10). The molecule has 4 N–H and O–H groups in total. The molecule has 0 atom stereocenters. The Labute approximate surface area is 270 Å². The van der Waals surface area contributed by atoms with E-state index in [0.717, 1.165) is 62.4 Å². The molecule has 246 valence electrons. The van der Waals surface area contributed by atoms with Crippen LogP contribution in [0.1, 0.15) is 40.7 Å². The summed E-state index contributed by atoms with van der Waals surface area (Å²) in [6.45, 7) is 7.59. The van der Waals surface area contributed by atoms with Gasteiger partial charge in [0.05, 0.1) is 18.1 Å². The summed E-state index contributed by atoms with van der Waals surface area (Å²) in [6, 6.07) is 21.1. The number of morpholine rings is 1. The van der Waals surface area contributed by atoms with Crippen molar-refractivity contribution < 1.29 is 32.0 Å². The summed E-state index contributed by atoms with van der Waals surface area (Å²) in [5.74, 6) is 0.183. The molecule has 0 bridgehead atoms. The van der Waals surface area contributed by atoms with Gasteiger partial charge in [-0.05, 0) is 61.1 Å². The normalized spacial score (nSPS) is 15.8. The van der Waals surface area contributed by atoms with Crippen molar-refractivity contribution in [2.24, 2.45) is 11.7 Å². The zero-order valence-electron chi connectivity index (χ0n) is 26.1. The Balaban J connectivity index is 0.000000369. The zero-order valence-corrected chi connectivity index (χ0v) is 26.9. The van der Waals surface area contributed by atoms with Gasteiger partial charge in [-0.15, -0.1) is 0 Å². The van der Waals surface area contributed by atoms with E-state index in [1.54, 1.807) is 12.1 Å². The van der Waals surface area contributed by atoms with Crippen LogP contribution in [0.4, 0.5) is 0 Å². The lowest BCUT2D eigenvalue weighted by Crippen LogP contribution is -2.39. The number of hydrogen-bond donors (Lipinski definition) is 3. The van der Waals surface area contributed by atoms with Crippen molar-refractivity contribution in [1.82, 2.24) is 9.80 Å². The number of likely N-dealkylation sites (tertiary alicyclic amines) is 1. The first-order valence-corrected chi connectivity index (χ1v) is 16.8. The van der Waals surface area contributed by atoms with Crippen molar-refractivity contribution in [2.75, 3.05) is 52.5 Å². The molecule has 3 aromatic rings. The second-order valence-electron chi connectivity index (χ2n) is 11.5. The summed E-state index contributed by atoms with van der Waals surface area (Å²) in [7, 11) is -4.02. The van der Waals surface area contributed by atoms with Gasteiger partial charge in [-0.25, -0.2) is 0 Å². The monoisotopic (exact) mass is 650 g/mol. The number of amidine groups is 1. The fraction of sp³-hybridized carbons (Fsp3) is 0.382. The molecule has 11 nitrogen and oxygen atoms in total. The van der Waals surface area contributed by atoms with Crippen LogP contribution in [0.2, 0.25) is 0 Å². The first-order valence-electron chi connectivity index (χ1n) is 15.3. The molecule has 1 amide bonds. The molecular formula is C34H42N4O7S. The Hall–Kier alpha value is -4.10. The molecular weight excluding hydrogens is 608 g/mol. The van der Waals surface area contributed by atoms with E-state index in [4.69, 9.17) is 25.2 Å². The van der Waals surface area contributed by atoms with Crippen LogP contribution in [-0.4, -0.2) is 93.0 Å². The largest absolute Gasteiger partial charge is 0.464 e. The SMILES string of the molecule is Cc1ccc(S(=O)(=O)O)cc1.N=C(N)c1ccc(-c2ccc(C(=O)N3CCC(CC(=O)OCCN4CCOCC4)CC3)cc2)cc1. The minimum atomic E-state index is -4.02. The lowest BCUT2D eigenvalue weighted by molar-refractivity contribution is -0.145. The maximum atomic E-state index is 13.0. The average molecular weight is 651 g/mol. The van der Waals surface area contributed by atoms with Gasteiger partial charge in [-0.2, -0.15) is 8.42 Å². The van der Waals surface area contributed by atoms with Crippen molar-refractivity contribution in [3.63, 3.8) is 0 Å². The van der Waals surface area contributed by atoms with Crippen LogP contribution in [0.5, 0.6) is 0 Å². The maximum Gasteiger partial charge on any atom is 0.306 e. The van der Waals surface area contributed by atoms with E-state index in [-0.39, 0.29) is 28.5 Å². The van der Waals surface area contributed by atoms with E-state index in [1.165, 1.54) is 12.1 Å². The van der Waals surface area contributed by atoms with E-state index in [9.17, 15) is 18.0 Å². The van der Waals surface area contributed by atoms with E-state index in [0.29, 0.717) is 37.2 Å². The number of benzene rings is 3. The molecule has 12 heteroatoms. The van der Waals surface area contributed by atoms with Crippen LogP contribution >= 0.6 is 0 Å². The number of esters is 1. The van der Waals surface area contributed by atoms with Crippen LogP contribution in [0.25, 0.3) is 11.1 Å². The number of amides is 1. The van der Waals surface area contributed by atoms with Gasteiger partial charge >= 0.3 is 5.97 Å². The number of hydrogen-bond acceptors (Lipinski definition) is 8. The predicted octanol–water partition coefficient (Wildman–Crippen LogP) is 4.00. The van der Waals surface area contributed by atoms with Gasteiger partial charge in [0.15, 0.2) is 0 Å². The number of nitrogens with two attached hydrogens (primary N) is 1. The Bertz CT molecular complexity index is 1560. The third kappa shape index (κ3) is 10.5. The molecule has 0 unspecified atom stereocenters. The lowest BCUT2D eigenvalue weighted by Gasteiger charge is -2.31. The quantitative estimate of drug-likeness (QED) is 0.134. The Morgan fingerprint density at radius 2 is 1.43 bits per heavy atom. The third-order valence-electron chi connectivity index (χ3n) is 8.11. The lowest BCUT2D eigenvalue weighted by atomic mass is 9.93. The highest BCUT2D eigenvalue weighted by atomic mass is 32.2. The second kappa shape index (κ2) is 16.5. The molecule has 0 aromatic heterocycles. The van der Waals surface area contributed by atoms with E-state index in [1.807, 2.05) is 60.4 Å². The molecule has 0 aliphatic carbocycles. The number of piperidine rings is 1. The van der Waals surface area contributed by atoms with E-state index in [2.05, 4.69) is 4.90 Å². The second-order valence-corrected chi connectivity index (χ2v) is 12.9. The third-order valence-corrected chi connectivity index (χ3v) is 8.98. The van der Waals surface area contributed by atoms with Crippen LogP contribution in [0, 0.1) is 18.3 Å². The van der Waals surface area contributed by atoms with Crippen molar-refractivity contribution >= 4 is 27.8 Å². The summed E-state index contributed by atoms with van der Waals surface area (Å²) in [6.07, 6.45) is 2.04. The fourth-order valence-corrected chi connectivity index (χ4v) is 5.77. The molecule has 2 aliphatic rings. The molecule has 5 rings (SSSR count). The fourth-order valence-electron chi connectivity index (χ4n) is 5.29. The number of carbonyl (C=O) groups is 2. The van der Waals surface area contributed by atoms with Crippen LogP contribution in [0.15, 0.2) is 77.7 Å². The molecule has 2 aliphatic heterocycles. The molecule has 46 heavy (non-hydrogen) atoms. The minimum absolute atomic E-state index is 0.0232. The average Bonchev–Trinajstić information content (AvgIpc) is 3.05. The van der Waals surface area contributed by atoms with Crippen molar-refractivity contribution in [2.45, 2.75) is 31.1 Å². The molecule has 0 spiro atoms. The number of nitrogen functional groups attached to an aromatic ring is 1. The Morgan fingerprint density at radius 1 is 0.891 bits per heavy atom. The van der Waals surface area contributed by atoms with Crippen LogP contribution in [-0.2, 0) is 24.4 Å². The van der Waals surface area contributed by atoms with Gasteiger partial charge in [0.1, 0.15) is 12.4 Å². The summed E-state index contributed by atoms with van der Waals surface area (Å²) < 4.78 is 40.3. The molecule has 3 aromatic carbocycles. The highest BCUT2D eigenvalue weighted by Crippen LogP contribution is 2.24. The maximum absolute atomic E-state index is 13.0. The van der Waals surface area contributed by atoms with Gasteiger partial charge in [0.25, 0.3) is 16.0 Å². The topological polar surface area (TPSA) is 163 Å². The molecule has 2 saturated heterocycles. The number of aryl methyl sites for hydroxylation is 1. The van der Waals surface area contributed by atoms with E-state index >= 15 is 0 Å². The van der Waals surface area contributed by atoms with Gasteiger partial charge in [-0.1, -0.05) is 54.1 Å². The molecule has 0 saturated carbocycles. The number of ether oxygens (including phenoxy) is 2. The Kier molecular flexibility index (Phi) is 12.4. The summed E-state index contributed by atoms with van der Waals surface area (Å²) in [5.41, 5.74) is 9.83. The Morgan fingerprint density at radius 3 is 1.96 bits per heavy atom. The van der Waals surface area contributed by atoms with E-state index < -0.39 is 10.1 Å². The van der Waals surface area contributed by atoms with Gasteiger partial charge < -0.3 is 20.1 Å². The van der Waals surface area contributed by atoms with Crippen molar-refractivity contribution in [3.8, 4) is 11.1 Å². The number of nitrogens with one attached hydrogen (secondary N) is 1. The zero-order chi connectivity index (χ0) is 33.1. The van der Waals surface area contributed by atoms with Crippen LogP contribution in [0.3, 0.4) is 0 Å². The summed E-state index contributed by atoms with van der Waals surface area (Å²) in [5, 5.41) is 7.50. The smallest absolute Gasteiger partial charge is 0.306 e. The first kappa shape index (κ1) is 34.8. The van der Waals surface area contributed by atoms with Gasteiger partial charge in [0, 0.05) is 50.3 Å². The summed E-state index contributed by atoms with van der Waals surface area (Å²) in [4.78, 5) is 29.3. The van der Waals surface area contributed by atoms with Crippen LogP contribution < -0.4 is 5.73 Å².